The highest BCUT2D eigenvalue weighted by Gasteiger charge is 2.14. The van der Waals surface area contributed by atoms with Crippen LogP contribution in [-0.2, 0) is 0 Å². The largest absolute Gasteiger partial charge is 0.301 e. The molecule has 1 unspecified atom stereocenters. The molecule has 0 saturated heterocycles. The van der Waals surface area contributed by atoms with E-state index in [0.717, 1.165) is 5.69 Å². The van der Waals surface area contributed by atoms with Gasteiger partial charge in [0.25, 0.3) is 5.56 Å². The Hall–Kier alpha value is -2.86. The highest BCUT2D eigenvalue weighted by Crippen LogP contribution is 2.32. The summed E-state index contributed by atoms with van der Waals surface area (Å²) in [4.78, 5) is 20.0. The molecule has 0 radical (unpaired) electrons. The minimum atomic E-state index is -0.170. The summed E-state index contributed by atoms with van der Waals surface area (Å²) >= 11 is 1.53. The second-order valence-electron chi connectivity index (χ2n) is 6.17. The number of H-pyrrole nitrogens is 1. The summed E-state index contributed by atoms with van der Waals surface area (Å²) < 4.78 is 1.71. The molecule has 1 atom stereocenters. The zero-order valence-electron chi connectivity index (χ0n) is 14.5. The Kier molecular flexibility index (Phi) is 4.34. The first-order valence-electron chi connectivity index (χ1n) is 8.38. The van der Waals surface area contributed by atoms with Crippen LogP contribution in [0.15, 0.2) is 70.7 Å². The fourth-order valence-electron chi connectivity index (χ4n) is 2.79. The van der Waals surface area contributed by atoms with Gasteiger partial charge in [0.1, 0.15) is 5.39 Å². The predicted octanol–water partition coefficient (Wildman–Crippen LogP) is 4.27. The molecule has 2 aromatic heterocycles. The number of aromatic nitrogens is 4. The number of benzene rings is 2. The van der Waals surface area contributed by atoms with Crippen LogP contribution < -0.4 is 5.56 Å². The van der Waals surface area contributed by atoms with Gasteiger partial charge in [-0.1, -0.05) is 59.8 Å². The fourth-order valence-corrected chi connectivity index (χ4v) is 3.71. The van der Waals surface area contributed by atoms with Gasteiger partial charge in [0.15, 0.2) is 10.8 Å². The summed E-state index contributed by atoms with van der Waals surface area (Å²) in [5, 5.41) is 5.61. The summed E-state index contributed by atoms with van der Waals surface area (Å²) in [6.45, 7) is 4.13. The first kappa shape index (κ1) is 16.6. The monoisotopic (exact) mass is 362 g/mol. The van der Waals surface area contributed by atoms with Crippen molar-refractivity contribution in [1.82, 2.24) is 19.7 Å². The molecule has 5 nitrogen and oxygen atoms in total. The second-order valence-corrected chi connectivity index (χ2v) is 7.50. The van der Waals surface area contributed by atoms with Gasteiger partial charge in [-0.2, -0.15) is 5.10 Å². The van der Waals surface area contributed by atoms with Crippen molar-refractivity contribution in [2.75, 3.05) is 0 Å². The molecule has 0 saturated carbocycles. The third kappa shape index (κ3) is 3.15. The molecule has 0 aliphatic rings. The first-order valence-corrected chi connectivity index (χ1v) is 9.26. The summed E-state index contributed by atoms with van der Waals surface area (Å²) in [5.41, 5.74) is 3.64. The van der Waals surface area contributed by atoms with Gasteiger partial charge in [0.05, 0.1) is 11.9 Å². The Balaban J connectivity index is 1.74. The molecule has 6 heteroatoms. The number of thioether (sulfide) groups is 1. The van der Waals surface area contributed by atoms with Gasteiger partial charge in [-0.05, 0) is 31.5 Å². The zero-order chi connectivity index (χ0) is 18.1. The van der Waals surface area contributed by atoms with Crippen molar-refractivity contribution < 1.29 is 0 Å². The van der Waals surface area contributed by atoms with Gasteiger partial charge >= 0.3 is 0 Å². The molecule has 26 heavy (non-hydrogen) atoms. The standard InChI is InChI=1S/C20H18N4OS/c1-13-8-10-16(11-9-13)24-18-17(12-21-24)19(25)23-20(22-18)26-14(2)15-6-4-3-5-7-15/h3-12,14H,1-2H3,(H,22,23,25). The van der Waals surface area contributed by atoms with Gasteiger partial charge < -0.3 is 4.98 Å². The van der Waals surface area contributed by atoms with Gasteiger partial charge in [-0.15, -0.1) is 0 Å². The number of nitrogens with one attached hydrogen (secondary N) is 1. The van der Waals surface area contributed by atoms with E-state index < -0.39 is 0 Å². The zero-order valence-corrected chi connectivity index (χ0v) is 15.3. The summed E-state index contributed by atoms with van der Waals surface area (Å²) in [7, 11) is 0. The maximum absolute atomic E-state index is 12.5. The molecule has 0 spiro atoms. The summed E-state index contributed by atoms with van der Waals surface area (Å²) in [6.07, 6.45) is 1.57. The topological polar surface area (TPSA) is 63.6 Å². The molecule has 0 aliphatic heterocycles. The lowest BCUT2D eigenvalue weighted by molar-refractivity contribution is 0.870. The molecule has 1 N–H and O–H groups in total. The third-order valence-electron chi connectivity index (χ3n) is 4.25. The Labute approximate surface area is 155 Å². The number of fused-ring (bicyclic) bond motifs is 1. The van der Waals surface area contributed by atoms with Crippen LogP contribution in [0, 0.1) is 6.92 Å². The SMILES string of the molecule is Cc1ccc(-n2ncc3c(=O)[nH]c(SC(C)c4ccccc4)nc32)cc1. The highest BCUT2D eigenvalue weighted by atomic mass is 32.2. The lowest BCUT2D eigenvalue weighted by atomic mass is 10.2. The van der Waals surface area contributed by atoms with Crippen LogP contribution in [0.4, 0.5) is 0 Å². The lowest BCUT2D eigenvalue weighted by Crippen LogP contribution is -2.10. The Morgan fingerprint density at radius 3 is 2.54 bits per heavy atom. The van der Waals surface area contributed by atoms with Crippen molar-refractivity contribution in [2.24, 2.45) is 0 Å². The first-order chi connectivity index (χ1) is 12.6. The molecule has 0 aliphatic carbocycles. The van der Waals surface area contributed by atoms with Gasteiger partial charge in [-0.3, -0.25) is 4.79 Å². The van der Waals surface area contributed by atoms with Gasteiger partial charge in [0.2, 0.25) is 0 Å². The molecular weight excluding hydrogens is 344 g/mol. The number of aryl methyl sites for hydroxylation is 1. The maximum atomic E-state index is 12.5. The fraction of sp³-hybridized carbons (Fsp3) is 0.150. The van der Waals surface area contributed by atoms with Gasteiger partial charge in [0, 0.05) is 5.25 Å². The van der Waals surface area contributed by atoms with Crippen LogP contribution in [0.3, 0.4) is 0 Å². The number of hydrogen-bond acceptors (Lipinski definition) is 4. The molecule has 2 aromatic carbocycles. The van der Waals surface area contributed by atoms with E-state index >= 15 is 0 Å². The normalized spacial score (nSPS) is 12.4. The van der Waals surface area contributed by atoms with E-state index in [1.807, 2.05) is 49.4 Å². The van der Waals surface area contributed by atoms with Crippen LogP contribution >= 0.6 is 11.8 Å². The Bertz CT molecular complexity index is 1100. The molecule has 130 valence electrons. The molecule has 0 amide bonds. The van der Waals surface area contributed by atoms with Crippen LogP contribution in [0.1, 0.15) is 23.3 Å². The number of rotatable bonds is 4. The molecule has 4 rings (SSSR count). The highest BCUT2D eigenvalue weighted by molar-refractivity contribution is 7.99. The average molecular weight is 362 g/mol. The molecular formula is C20H18N4OS. The van der Waals surface area contributed by atoms with Crippen molar-refractivity contribution in [3.05, 3.63) is 82.3 Å². The van der Waals surface area contributed by atoms with Crippen LogP contribution in [-0.4, -0.2) is 19.7 Å². The predicted molar refractivity (Wildman–Crippen MR) is 105 cm³/mol. The van der Waals surface area contributed by atoms with E-state index in [4.69, 9.17) is 0 Å². The number of aromatic amines is 1. The third-order valence-corrected chi connectivity index (χ3v) is 5.29. The number of hydrogen-bond donors (Lipinski definition) is 1. The smallest absolute Gasteiger partial charge is 0.262 e. The molecule has 4 aromatic rings. The van der Waals surface area contributed by atoms with E-state index in [-0.39, 0.29) is 10.8 Å². The summed E-state index contributed by atoms with van der Waals surface area (Å²) in [6, 6.07) is 18.2. The van der Waals surface area contributed by atoms with Crippen LogP contribution in [0.2, 0.25) is 0 Å². The molecule has 2 heterocycles. The van der Waals surface area contributed by atoms with E-state index in [9.17, 15) is 4.79 Å². The second kappa shape index (κ2) is 6.80. The van der Waals surface area contributed by atoms with Crippen LogP contribution in [0.25, 0.3) is 16.7 Å². The van der Waals surface area contributed by atoms with Crippen LogP contribution in [0.5, 0.6) is 0 Å². The van der Waals surface area contributed by atoms with E-state index in [0.29, 0.717) is 16.2 Å². The minimum absolute atomic E-state index is 0.170. The Morgan fingerprint density at radius 2 is 1.81 bits per heavy atom. The van der Waals surface area contributed by atoms with Crippen molar-refractivity contribution in [2.45, 2.75) is 24.3 Å². The van der Waals surface area contributed by atoms with Crippen molar-refractivity contribution in [3.8, 4) is 5.69 Å². The molecule has 0 bridgehead atoms. The van der Waals surface area contributed by atoms with Crippen molar-refractivity contribution in [3.63, 3.8) is 0 Å². The Morgan fingerprint density at radius 1 is 1.08 bits per heavy atom. The molecule has 0 fully saturated rings. The van der Waals surface area contributed by atoms with E-state index in [1.165, 1.54) is 22.9 Å². The lowest BCUT2D eigenvalue weighted by Gasteiger charge is -2.11. The van der Waals surface area contributed by atoms with Crippen molar-refractivity contribution in [1.29, 1.82) is 0 Å². The quantitative estimate of drug-likeness (QED) is 0.435. The summed E-state index contributed by atoms with van der Waals surface area (Å²) in [5.74, 6) is 0. The van der Waals surface area contributed by atoms with Crippen molar-refractivity contribution >= 4 is 22.8 Å². The minimum Gasteiger partial charge on any atom is -0.301 e. The number of nitrogens with zero attached hydrogens (tertiary/aromatic N) is 3. The maximum Gasteiger partial charge on any atom is 0.262 e. The van der Waals surface area contributed by atoms with Gasteiger partial charge in [-0.25, -0.2) is 9.67 Å². The van der Waals surface area contributed by atoms with E-state index in [2.05, 4.69) is 34.1 Å². The average Bonchev–Trinajstić information content (AvgIpc) is 3.07. The van der Waals surface area contributed by atoms with E-state index in [1.54, 1.807) is 10.9 Å².